The van der Waals surface area contributed by atoms with E-state index in [1.807, 2.05) is 6.07 Å². The number of hydrogen-bond donors (Lipinski definition) is 1. The first kappa shape index (κ1) is 20.1. The van der Waals surface area contributed by atoms with Crippen LogP contribution in [0.4, 0.5) is 35.0 Å². The minimum absolute atomic E-state index is 0.0985. The molecule has 6 nitrogen and oxygen atoms in total. The Kier molecular flexibility index (Phi) is 5.16. The van der Waals surface area contributed by atoms with Gasteiger partial charge >= 0.3 is 12.3 Å². The van der Waals surface area contributed by atoms with Crippen molar-refractivity contribution in [3.8, 4) is 0 Å². The molecule has 0 atom stereocenters. The number of alkyl halides is 3. The van der Waals surface area contributed by atoms with E-state index in [-0.39, 0.29) is 11.4 Å². The average Bonchev–Trinajstić information content (AvgIpc) is 3.03. The molecule has 1 N–H and O–H groups in total. The number of nitrogens with one attached hydrogen (secondary N) is 1. The van der Waals surface area contributed by atoms with Crippen LogP contribution >= 0.6 is 0 Å². The van der Waals surface area contributed by atoms with Gasteiger partial charge in [-0.15, -0.1) is 0 Å². The number of halogens is 3. The predicted octanol–water partition coefficient (Wildman–Crippen LogP) is 5.34. The van der Waals surface area contributed by atoms with Crippen molar-refractivity contribution in [3.05, 3.63) is 90.0 Å². The number of fused-ring (bicyclic) bond motifs is 1. The highest BCUT2D eigenvalue weighted by atomic mass is 19.4. The molecule has 3 aromatic rings. The van der Waals surface area contributed by atoms with E-state index in [4.69, 9.17) is 4.84 Å². The molecule has 3 aromatic carbocycles. The van der Waals surface area contributed by atoms with Crippen LogP contribution in [0.1, 0.15) is 11.1 Å². The molecule has 1 aliphatic heterocycles. The molecule has 0 aliphatic carbocycles. The van der Waals surface area contributed by atoms with Crippen LogP contribution in [-0.2, 0) is 15.8 Å². The Balaban J connectivity index is 1.55. The standard InChI is InChI=1S/C22H14F3N3O3/c23-22(24,25)14-7-6-8-15(13-14)26-21(30)31-27-19-17-11-4-5-12-18(17)28(20(19)29)16-9-2-1-3-10-16/h1-13H,(H,26,30)/b27-19-. The van der Waals surface area contributed by atoms with Crippen LogP contribution in [0.15, 0.2) is 84.0 Å². The molecular formula is C22H14F3N3O3. The van der Waals surface area contributed by atoms with Crippen molar-refractivity contribution >= 4 is 34.8 Å². The fraction of sp³-hybridized carbons (Fsp3) is 0.0455. The van der Waals surface area contributed by atoms with Gasteiger partial charge in [-0.1, -0.05) is 47.6 Å². The number of hydrogen-bond acceptors (Lipinski definition) is 4. The molecule has 4 rings (SSSR count). The Morgan fingerprint density at radius 1 is 0.935 bits per heavy atom. The Morgan fingerprint density at radius 2 is 1.65 bits per heavy atom. The second-order valence-electron chi connectivity index (χ2n) is 6.52. The molecule has 9 heteroatoms. The third-order valence-electron chi connectivity index (χ3n) is 4.48. The molecule has 156 valence electrons. The summed E-state index contributed by atoms with van der Waals surface area (Å²) in [7, 11) is 0. The van der Waals surface area contributed by atoms with E-state index in [0.717, 1.165) is 18.2 Å². The molecule has 0 saturated heterocycles. The van der Waals surface area contributed by atoms with Crippen molar-refractivity contribution < 1.29 is 27.6 Å². The number of benzene rings is 3. The van der Waals surface area contributed by atoms with E-state index < -0.39 is 23.7 Å². The van der Waals surface area contributed by atoms with Gasteiger partial charge in [0, 0.05) is 16.9 Å². The van der Waals surface area contributed by atoms with Crippen LogP contribution in [0.25, 0.3) is 0 Å². The third kappa shape index (κ3) is 4.11. The van der Waals surface area contributed by atoms with Crippen LogP contribution in [0.5, 0.6) is 0 Å². The number of nitrogens with zero attached hydrogens (tertiary/aromatic N) is 2. The van der Waals surface area contributed by atoms with Crippen LogP contribution in [-0.4, -0.2) is 17.7 Å². The fourth-order valence-electron chi connectivity index (χ4n) is 3.12. The summed E-state index contributed by atoms with van der Waals surface area (Å²) in [5.41, 5.74) is 0.499. The van der Waals surface area contributed by atoms with Gasteiger partial charge in [0.15, 0.2) is 5.71 Å². The first-order valence-corrected chi connectivity index (χ1v) is 9.07. The summed E-state index contributed by atoms with van der Waals surface area (Å²) in [5.74, 6) is -0.501. The molecule has 1 heterocycles. The van der Waals surface area contributed by atoms with Crippen molar-refractivity contribution in [1.29, 1.82) is 0 Å². The van der Waals surface area contributed by atoms with E-state index in [1.54, 1.807) is 48.5 Å². The molecule has 0 aromatic heterocycles. The Morgan fingerprint density at radius 3 is 2.39 bits per heavy atom. The number of para-hydroxylation sites is 2. The lowest BCUT2D eigenvalue weighted by molar-refractivity contribution is -0.137. The molecule has 0 radical (unpaired) electrons. The van der Waals surface area contributed by atoms with Gasteiger partial charge in [0.2, 0.25) is 0 Å². The quantitative estimate of drug-likeness (QED) is 0.455. The normalized spacial score (nSPS) is 14.5. The number of carbonyl (C=O) groups is 2. The van der Waals surface area contributed by atoms with Crippen LogP contribution in [0, 0.1) is 0 Å². The fourth-order valence-corrected chi connectivity index (χ4v) is 3.12. The van der Waals surface area contributed by atoms with E-state index in [0.29, 0.717) is 16.9 Å². The zero-order chi connectivity index (χ0) is 22.0. The van der Waals surface area contributed by atoms with E-state index >= 15 is 0 Å². The minimum atomic E-state index is -4.55. The molecule has 31 heavy (non-hydrogen) atoms. The van der Waals surface area contributed by atoms with Gasteiger partial charge in [-0.2, -0.15) is 13.2 Å². The Hall–Kier alpha value is -4.14. The Bertz CT molecular complexity index is 1180. The lowest BCUT2D eigenvalue weighted by Gasteiger charge is -2.16. The maximum Gasteiger partial charge on any atom is 0.437 e. The number of oxime groups is 1. The topological polar surface area (TPSA) is 71.0 Å². The van der Waals surface area contributed by atoms with Crippen molar-refractivity contribution in [2.75, 3.05) is 10.2 Å². The highest BCUT2D eigenvalue weighted by Gasteiger charge is 2.35. The zero-order valence-corrected chi connectivity index (χ0v) is 15.8. The van der Waals surface area contributed by atoms with Crippen LogP contribution in [0.3, 0.4) is 0 Å². The van der Waals surface area contributed by atoms with Gasteiger partial charge in [-0.3, -0.25) is 19.8 Å². The highest BCUT2D eigenvalue weighted by Crippen LogP contribution is 2.35. The molecule has 0 bridgehead atoms. The molecule has 1 aliphatic rings. The third-order valence-corrected chi connectivity index (χ3v) is 4.48. The molecule has 0 fully saturated rings. The van der Waals surface area contributed by atoms with E-state index in [9.17, 15) is 22.8 Å². The van der Waals surface area contributed by atoms with E-state index in [2.05, 4.69) is 10.5 Å². The number of anilines is 3. The Labute approximate surface area is 174 Å². The average molecular weight is 425 g/mol. The monoisotopic (exact) mass is 425 g/mol. The van der Waals surface area contributed by atoms with Gasteiger partial charge in [0.1, 0.15) is 0 Å². The highest BCUT2D eigenvalue weighted by molar-refractivity contribution is 6.55. The molecule has 0 saturated carbocycles. The first-order chi connectivity index (χ1) is 14.8. The van der Waals surface area contributed by atoms with Crippen LogP contribution < -0.4 is 10.2 Å². The van der Waals surface area contributed by atoms with E-state index in [1.165, 1.54) is 11.0 Å². The summed E-state index contributed by atoms with van der Waals surface area (Å²) >= 11 is 0. The summed E-state index contributed by atoms with van der Waals surface area (Å²) in [6.45, 7) is 0. The molecular weight excluding hydrogens is 411 g/mol. The van der Waals surface area contributed by atoms with Crippen molar-refractivity contribution in [1.82, 2.24) is 0 Å². The maximum absolute atomic E-state index is 12.9. The van der Waals surface area contributed by atoms with Crippen molar-refractivity contribution in [2.24, 2.45) is 5.16 Å². The molecule has 0 unspecified atom stereocenters. The van der Waals surface area contributed by atoms with Crippen LogP contribution in [0.2, 0.25) is 0 Å². The summed E-state index contributed by atoms with van der Waals surface area (Å²) < 4.78 is 38.4. The van der Waals surface area contributed by atoms with Crippen molar-refractivity contribution in [3.63, 3.8) is 0 Å². The zero-order valence-electron chi connectivity index (χ0n) is 15.8. The summed E-state index contributed by atoms with van der Waals surface area (Å²) in [6, 6.07) is 19.8. The lowest BCUT2D eigenvalue weighted by Crippen LogP contribution is -2.26. The maximum atomic E-state index is 12.9. The second-order valence-corrected chi connectivity index (χ2v) is 6.52. The minimum Gasteiger partial charge on any atom is -0.297 e. The molecule has 0 spiro atoms. The van der Waals surface area contributed by atoms with Gasteiger partial charge in [-0.05, 0) is 36.4 Å². The first-order valence-electron chi connectivity index (χ1n) is 9.07. The lowest BCUT2D eigenvalue weighted by atomic mass is 10.1. The summed E-state index contributed by atoms with van der Waals surface area (Å²) in [4.78, 5) is 31.2. The number of amides is 2. The van der Waals surface area contributed by atoms with Gasteiger partial charge in [0.05, 0.1) is 11.3 Å². The summed E-state index contributed by atoms with van der Waals surface area (Å²) in [6.07, 6.45) is -5.68. The second kappa shape index (κ2) is 7.94. The number of carbonyl (C=O) groups excluding carboxylic acids is 2. The molecule has 2 amide bonds. The SMILES string of the molecule is O=C(Nc1cccc(C(F)(F)F)c1)O/N=C1\C(=O)N(c2ccccc2)c2ccccc21. The number of rotatable bonds is 3. The smallest absolute Gasteiger partial charge is 0.297 e. The largest absolute Gasteiger partial charge is 0.437 e. The summed E-state index contributed by atoms with van der Waals surface area (Å²) in [5, 5.41) is 5.85. The predicted molar refractivity (Wildman–Crippen MR) is 108 cm³/mol. The van der Waals surface area contributed by atoms with Crippen molar-refractivity contribution in [2.45, 2.75) is 6.18 Å². The van der Waals surface area contributed by atoms with Gasteiger partial charge in [-0.25, -0.2) is 4.79 Å². The van der Waals surface area contributed by atoms with Gasteiger partial charge in [0.25, 0.3) is 5.91 Å². The van der Waals surface area contributed by atoms with Gasteiger partial charge < -0.3 is 0 Å².